The molecule has 88 valence electrons. The standard InChI is InChI=1S/C12H11ClFN3/c13-7-3-8(11(14)9(15)4-7)10-5-16-12(17-10)6-1-2-6/h3-6H,1-2,15H2,(H,16,17). The van der Waals surface area contributed by atoms with Crippen LogP contribution in [0.2, 0.25) is 5.02 Å². The number of nitrogens with zero attached hydrogens (tertiary/aromatic N) is 1. The summed E-state index contributed by atoms with van der Waals surface area (Å²) in [6, 6.07) is 2.95. The Morgan fingerprint density at radius 3 is 2.88 bits per heavy atom. The number of benzene rings is 1. The summed E-state index contributed by atoms with van der Waals surface area (Å²) in [5, 5.41) is 0.418. The zero-order chi connectivity index (χ0) is 12.0. The first-order chi connectivity index (χ1) is 8.15. The van der Waals surface area contributed by atoms with Crippen LogP contribution in [0.15, 0.2) is 18.3 Å². The topological polar surface area (TPSA) is 54.7 Å². The number of halogens is 2. The average Bonchev–Trinajstić information content (AvgIpc) is 3.02. The highest BCUT2D eigenvalue weighted by molar-refractivity contribution is 6.31. The summed E-state index contributed by atoms with van der Waals surface area (Å²) in [5.41, 5.74) is 6.59. The predicted octanol–water partition coefficient (Wildman–Crippen LogP) is 3.33. The van der Waals surface area contributed by atoms with E-state index in [0.717, 1.165) is 18.7 Å². The van der Waals surface area contributed by atoms with Crippen LogP contribution in [-0.4, -0.2) is 9.97 Å². The van der Waals surface area contributed by atoms with Crippen LogP contribution in [0, 0.1) is 5.82 Å². The molecule has 2 aromatic rings. The number of imidazole rings is 1. The van der Waals surface area contributed by atoms with Crippen molar-refractivity contribution in [2.75, 3.05) is 5.73 Å². The monoisotopic (exact) mass is 251 g/mol. The van der Waals surface area contributed by atoms with Gasteiger partial charge in [0.1, 0.15) is 5.82 Å². The van der Waals surface area contributed by atoms with Gasteiger partial charge in [-0.3, -0.25) is 0 Å². The van der Waals surface area contributed by atoms with Crippen molar-refractivity contribution in [3.05, 3.63) is 35.0 Å². The fourth-order valence-electron chi connectivity index (χ4n) is 1.84. The fraction of sp³-hybridized carbons (Fsp3) is 0.250. The van der Waals surface area contributed by atoms with Gasteiger partial charge >= 0.3 is 0 Å². The summed E-state index contributed by atoms with van der Waals surface area (Å²) < 4.78 is 13.9. The van der Waals surface area contributed by atoms with E-state index in [0.29, 0.717) is 22.2 Å². The average molecular weight is 252 g/mol. The number of H-pyrrole nitrogens is 1. The van der Waals surface area contributed by atoms with E-state index in [1.807, 2.05) is 0 Å². The van der Waals surface area contributed by atoms with E-state index in [1.165, 1.54) is 6.07 Å². The second-order valence-corrected chi connectivity index (χ2v) is 4.75. The van der Waals surface area contributed by atoms with Crippen LogP contribution in [-0.2, 0) is 0 Å². The molecule has 1 aromatic heterocycles. The predicted molar refractivity (Wildman–Crippen MR) is 65.4 cm³/mol. The molecular formula is C12H11ClFN3. The van der Waals surface area contributed by atoms with E-state index in [2.05, 4.69) is 9.97 Å². The molecule has 0 atom stereocenters. The van der Waals surface area contributed by atoms with Crippen molar-refractivity contribution in [1.29, 1.82) is 0 Å². The smallest absolute Gasteiger partial charge is 0.155 e. The van der Waals surface area contributed by atoms with E-state index in [1.54, 1.807) is 12.3 Å². The second kappa shape index (κ2) is 3.74. The Morgan fingerprint density at radius 2 is 2.18 bits per heavy atom. The summed E-state index contributed by atoms with van der Waals surface area (Å²) in [6.07, 6.45) is 3.92. The van der Waals surface area contributed by atoms with Gasteiger partial charge in [0.2, 0.25) is 0 Å². The molecule has 17 heavy (non-hydrogen) atoms. The number of nitrogen functional groups attached to an aromatic ring is 1. The number of nitrogens with two attached hydrogens (primary N) is 1. The minimum absolute atomic E-state index is 0.0510. The fourth-order valence-corrected chi connectivity index (χ4v) is 2.07. The Hall–Kier alpha value is -1.55. The number of rotatable bonds is 2. The first-order valence-corrected chi connectivity index (χ1v) is 5.82. The molecule has 1 aliphatic carbocycles. The maximum Gasteiger partial charge on any atom is 0.155 e. The summed E-state index contributed by atoms with van der Waals surface area (Å²) in [7, 11) is 0. The van der Waals surface area contributed by atoms with Gasteiger partial charge in [-0.05, 0) is 25.0 Å². The third kappa shape index (κ3) is 1.89. The van der Waals surface area contributed by atoms with Gasteiger partial charge in [0, 0.05) is 16.5 Å². The molecule has 1 aliphatic rings. The molecule has 0 spiro atoms. The minimum Gasteiger partial charge on any atom is -0.396 e. The van der Waals surface area contributed by atoms with Crippen molar-refractivity contribution in [1.82, 2.24) is 9.97 Å². The number of nitrogens with one attached hydrogen (secondary N) is 1. The van der Waals surface area contributed by atoms with Crippen LogP contribution in [0.5, 0.6) is 0 Å². The highest BCUT2D eigenvalue weighted by Gasteiger charge is 2.26. The van der Waals surface area contributed by atoms with Gasteiger partial charge in [0.15, 0.2) is 5.82 Å². The van der Waals surface area contributed by atoms with Crippen LogP contribution in [0.25, 0.3) is 11.3 Å². The minimum atomic E-state index is -0.458. The molecule has 0 amide bonds. The number of hydrogen-bond donors (Lipinski definition) is 2. The summed E-state index contributed by atoms with van der Waals surface area (Å²) >= 11 is 5.87. The van der Waals surface area contributed by atoms with E-state index in [9.17, 15) is 4.39 Å². The first-order valence-electron chi connectivity index (χ1n) is 5.45. The molecule has 1 fully saturated rings. The zero-order valence-corrected chi connectivity index (χ0v) is 9.76. The van der Waals surface area contributed by atoms with E-state index >= 15 is 0 Å². The highest BCUT2D eigenvalue weighted by Crippen LogP contribution is 2.39. The number of aromatic nitrogens is 2. The Bertz CT molecular complexity index is 575. The molecule has 0 aliphatic heterocycles. The van der Waals surface area contributed by atoms with E-state index < -0.39 is 5.82 Å². The summed E-state index contributed by atoms with van der Waals surface area (Å²) in [4.78, 5) is 7.37. The van der Waals surface area contributed by atoms with Crippen molar-refractivity contribution in [3.8, 4) is 11.3 Å². The summed E-state index contributed by atoms with van der Waals surface area (Å²) in [5.74, 6) is 0.960. The molecule has 5 heteroatoms. The second-order valence-electron chi connectivity index (χ2n) is 4.31. The molecule has 0 unspecified atom stereocenters. The van der Waals surface area contributed by atoms with Crippen LogP contribution >= 0.6 is 11.6 Å². The molecule has 0 saturated heterocycles. The molecule has 3 nitrogen and oxygen atoms in total. The lowest BCUT2D eigenvalue weighted by molar-refractivity contribution is 0.635. The van der Waals surface area contributed by atoms with Crippen molar-refractivity contribution in [2.24, 2.45) is 0 Å². The molecular weight excluding hydrogens is 241 g/mol. The van der Waals surface area contributed by atoms with Crippen molar-refractivity contribution in [2.45, 2.75) is 18.8 Å². The van der Waals surface area contributed by atoms with Gasteiger partial charge in [-0.2, -0.15) is 0 Å². The van der Waals surface area contributed by atoms with Gasteiger partial charge in [-0.15, -0.1) is 0 Å². The Kier molecular flexibility index (Phi) is 2.33. The van der Waals surface area contributed by atoms with Gasteiger partial charge in [0.25, 0.3) is 0 Å². The Balaban J connectivity index is 2.07. The molecule has 0 radical (unpaired) electrons. The van der Waals surface area contributed by atoms with E-state index in [-0.39, 0.29) is 5.69 Å². The molecule has 1 aromatic carbocycles. The Morgan fingerprint density at radius 1 is 1.41 bits per heavy atom. The van der Waals surface area contributed by atoms with Crippen LogP contribution in [0.1, 0.15) is 24.6 Å². The quantitative estimate of drug-likeness (QED) is 0.805. The van der Waals surface area contributed by atoms with Crippen molar-refractivity contribution in [3.63, 3.8) is 0 Å². The maximum atomic E-state index is 13.9. The van der Waals surface area contributed by atoms with Crippen LogP contribution in [0.3, 0.4) is 0 Å². The lowest BCUT2D eigenvalue weighted by Gasteiger charge is -2.04. The molecule has 0 bridgehead atoms. The van der Waals surface area contributed by atoms with Crippen LogP contribution < -0.4 is 5.73 Å². The highest BCUT2D eigenvalue weighted by atomic mass is 35.5. The normalized spacial score (nSPS) is 15.2. The van der Waals surface area contributed by atoms with Gasteiger partial charge < -0.3 is 10.7 Å². The van der Waals surface area contributed by atoms with Crippen molar-refractivity contribution >= 4 is 17.3 Å². The third-order valence-electron chi connectivity index (χ3n) is 2.92. The number of aromatic amines is 1. The lowest BCUT2D eigenvalue weighted by Crippen LogP contribution is -1.94. The summed E-state index contributed by atoms with van der Waals surface area (Å²) in [6.45, 7) is 0. The molecule has 1 saturated carbocycles. The largest absolute Gasteiger partial charge is 0.396 e. The van der Waals surface area contributed by atoms with Gasteiger partial charge in [-0.1, -0.05) is 11.6 Å². The molecule has 3 rings (SSSR count). The Labute approximate surface area is 103 Å². The first kappa shape index (κ1) is 10.6. The lowest BCUT2D eigenvalue weighted by atomic mass is 10.1. The zero-order valence-electron chi connectivity index (χ0n) is 9.00. The van der Waals surface area contributed by atoms with Gasteiger partial charge in [-0.25, -0.2) is 9.37 Å². The number of hydrogen-bond acceptors (Lipinski definition) is 2. The van der Waals surface area contributed by atoms with E-state index in [4.69, 9.17) is 17.3 Å². The van der Waals surface area contributed by atoms with Crippen LogP contribution in [0.4, 0.5) is 10.1 Å². The molecule has 1 heterocycles. The SMILES string of the molecule is Nc1cc(Cl)cc(-c2cnc(C3CC3)[nH]2)c1F. The van der Waals surface area contributed by atoms with Crippen molar-refractivity contribution < 1.29 is 4.39 Å². The number of anilines is 1. The maximum absolute atomic E-state index is 13.9. The van der Waals surface area contributed by atoms with Gasteiger partial charge in [0.05, 0.1) is 17.6 Å². The molecule has 3 N–H and O–H groups in total. The third-order valence-corrected chi connectivity index (χ3v) is 3.13.